The predicted molar refractivity (Wildman–Crippen MR) is 142 cm³/mol. The van der Waals surface area contributed by atoms with Crippen molar-refractivity contribution in [1.29, 1.82) is 0 Å². The molecule has 184 valence electrons. The Kier molecular flexibility index (Phi) is 13.4. The van der Waals surface area contributed by atoms with Crippen molar-refractivity contribution in [2.75, 3.05) is 55.2 Å². The molecule has 0 saturated heterocycles. The molecule has 0 spiro atoms. The summed E-state index contributed by atoms with van der Waals surface area (Å²) >= 11 is 0. The molecular weight excluding hydrogens is 537 g/mol. The molecule has 0 aliphatic carbocycles. The third-order valence-corrected chi connectivity index (χ3v) is 4.91. The van der Waals surface area contributed by atoms with E-state index in [9.17, 15) is 0 Å². The van der Waals surface area contributed by atoms with Crippen LogP contribution in [0, 0.1) is 6.92 Å². The van der Waals surface area contributed by atoms with Gasteiger partial charge in [-0.2, -0.15) is 0 Å². The van der Waals surface area contributed by atoms with Crippen molar-refractivity contribution in [3.8, 4) is 23.0 Å². The van der Waals surface area contributed by atoms with Gasteiger partial charge in [0.1, 0.15) is 12.4 Å². The molecule has 9 heteroatoms. The zero-order valence-electron chi connectivity index (χ0n) is 20.3. The highest BCUT2D eigenvalue weighted by molar-refractivity contribution is 14.0. The van der Waals surface area contributed by atoms with Gasteiger partial charge in [0.15, 0.2) is 17.5 Å². The number of aryl methyl sites for hydroxylation is 1. The van der Waals surface area contributed by atoms with Crippen LogP contribution in [0.15, 0.2) is 35.3 Å². The summed E-state index contributed by atoms with van der Waals surface area (Å²) in [6, 6.07) is 10.0. The molecule has 33 heavy (non-hydrogen) atoms. The van der Waals surface area contributed by atoms with Gasteiger partial charge in [0.05, 0.1) is 27.9 Å². The van der Waals surface area contributed by atoms with Gasteiger partial charge in [-0.05, 0) is 31.0 Å². The normalized spacial score (nSPS) is 10.8. The average molecular weight is 573 g/mol. The molecule has 0 unspecified atom stereocenters. The highest BCUT2D eigenvalue weighted by Crippen LogP contribution is 2.39. The fraction of sp³-hybridized carbons (Fsp3) is 0.458. The second-order valence-corrected chi connectivity index (χ2v) is 7.05. The van der Waals surface area contributed by atoms with Gasteiger partial charge in [0.25, 0.3) is 0 Å². The molecule has 2 N–H and O–H groups in total. The molecule has 2 rings (SSSR count). The lowest BCUT2D eigenvalue weighted by Crippen LogP contribution is -2.38. The quantitative estimate of drug-likeness (QED) is 0.174. The van der Waals surface area contributed by atoms with E-state index < -0.39 is 0 Å². The van der Waals surface area contributed by atoms with Gasteiger partial charge in [-0.3, -0.25) is 4.99 Å². The van der Waals surface area contributed by atoms with E-state index >= 15 is 0 Å². The second kappa shape index (κ2) is 15.4. The molecule has 0 aliphatic rings. The molecule has 0 bridgehead atoms. The lowest BCUT2D eigenvalue weighted by molar-refractivity contribution is 0.145. The summed E-state index contributed by atoms with van der Waals surface area (Å²) in [5, 5.41) is 6.68. The van der Waals surface area contributed by atoms with E-state index in [1.54, 1.807) is 35.5 Å². The number of nitrogens with zero attached hydrogens (tertiary/aromatic N) is 1. The number of ether oxygens (including phenoxy) is 5. The van der Waals surface area contributed by atoms with E-state index in [0.29, 0.717) is 49.5 Å². The summed E-state index contributed by atoms with van der Waals surface area (Å²) in [7, 11) is 8.25. The Morgan fingerprint density at radius 3 is 2.21 bits per heavy atom. The van der Waals surface area contributed by atoms with Crippen LogP contribution in [0.5, 0.6) is 23.0 Å². The van der Waals surface area contributed by atoms with Crippen molar-refractivity contribution >= 4 is 29.9 Å². The number of halogens is 1. The highest BCUT2D eigenvalue weighted by Gasteiger charge is 2.15. The van der Waals surface area contributed by atoms with Crippen molar-refractivity contribution in [3.05, 3.63) is 47.0 Å². The van der Waals surface area contributed by atoms with Crippen molar-refractivity contribution in [2.24, 2.45) is 4.99 Å². The van der Waals surface area contributed by atoms with Crippen molar-refractivity contribution < 1.29 is 23.7 Å². The first-order valence-corrected chi connectivity index (χ1v) is 10.5. The Morgan fingerprint density at radius 2 is 1.58 bits per heavy atom. The lowest BCUT2D eigenvalue weighted by atomic mass is 10.1. The number of methoxy groups -OCH3 is 4. The summed E-state index contributed by atoms with van der Waals surface area (Å²) in [5.41, 5.74) is 3.21. The maximum atomic E-state index is 5.87. The van der Waals surface area contributed by atoms with Crippen molar-refractivity contribution in [3.63, 3.8) is 0 Å². The van der Waals surface area contributed by atoms with Crippen LogP contribution >= 0.6 is 24.0 Å². The minimum atomic E-state index is 0. The van der Waals surface area contributed by atoms with Crippen LogP contribution in [0.4, 0.5) is 0 Å². The van der Waals surface area contributed by atoms with E-state index in [2.05, 4.69) is 27.8 Å². The highest BCUT2D eigenvalue weighted by atomic mass is 127. The Balaban J connectivity index is 0.00000544. The van der Waals surface area contributed by atoms with Gasteiger partial charge in [-0.1, -0.05) is 18.2 Å². The van der Waals surface area contributed by atoms with E-state index in [0.717, 1.165) is 28.9 Å². The van der Waals surface area contributed by atoms with E-state index in [1.165, 1.54) is 0 Å². The Labute approximate surface area is 214 Å². The van der Waals surface area contributed by atoms with E-state index in [4.69, 9.17) is 23.7 Å². The van der Waals surface area contributed by atoms with Gasteiger partial charge >= 0.3 is 0 Å². The van der Waals surface area contributed by atoms with Crippen LogP contribution in [0.2, 0.25) is 0 Å². The summed E-state index contributed by atoms with van der Waals surface area (Å²) in [6.07, 6.45) is 0.722. The predicted octanol–water partition coefficient (Wildman–Crippen LogP) is 3.57. The maximum Gasteiger partial charge on any atom is 0.203 e. The summed E-state index contributed by atoms with van der Waals surface area (Å²) in [4.78, 5) is 4.32. The average Bonchev–Trinajstić information content (AvgIpc) is 2.81. The van der Waals surface area contributed by atoms with Gasteiger partial charge in [-0.25, -0.2) is 0 Å². The number of benzene rings is 2. The first-order valence-electron chi connectivity index (χ1n) is 10.5. The number of hydrogen-bond acceptors (Lipinski definition) is 6. The van der Waals surface area contributed by atoms with Crippen LogP contribution in [-0.2, 0) is 17.7 Å². The number of nitrogens with one attached hydrogen (secondary N) is 2. The minimum absolute atomic E-state index is 0. The zero-order chi connectivity index (χ0) is 23.3. The Morgan fingerprint density at radius 1 is 0.848 bits per heavy atom. The SMILES string of the molecule is CN=C(NCCc1ccc(OC)c(OC)c1OC)NCc1ccc(C)cc1OCCOC.I. The van der Waals surface area contributed by atoms with E-state index in [-0.39, 0.29) is 24.0 Å². The molecule has 0 aromatic heterocycles. The van der Waals surface area contributed by atoms with E-state index in [1.807, 2.05) is 25.1 Å². The first-order chi connectivity index (χ1) is 15.6. The topological polar surface area (TPSA) is 82.6 Å². The Hall–Kier alpha value is -2.40. The molecule has 0 heterocycles. The minimum Gasteiger partial charge on any atom is -0.493 e. The number of hydrogen-bond donors (Lipinski definition) is 2. The van der Waals surface area contributed by atoms with Gasteiger partial charge in [0, 0.05) is 38.4 Å². The van der Waals surface area contributed by atoms with Gasteiger partial charge in [0.2, 0.25) is 5.75 Å². The molecule has 0 radical (unpaired) electrons. The zero-order valence-corrected chi connectivity index (χ0v) is 22.6. The third kappa shape index (κ3) is 8.47. The Bertz CT molecular complexity index is 893. The fourth-order valence-corrected chi connectivity index (χ4v) is 3.25. The van der Waals surface area contributed by atoms with Crippen LogP contribution in [0.3, 0.4) is 0 Å². The largest absolute Gasteiger partial charge is 0.493 e. The summed E-state index contributed by atoms with van der Waals surface area (Å²) in [5.74, 6) is 3.46. The van der Waals surface area contributed by atoms with Gasteiger partial charge < -0.3 is 34.3 Å². The molecule has 0 fully saturated rings. The number of guanidine groups is 1. The molecule has 0 amide bonds. The van der Waals surface area contributed by atoms with Crippen molar-refractivity contribution in [2.45, 2.75) is 19.9 Å². The summed E-state index contributed by atoms with van der Waals surface area (Å²) < 4.78 is 27.3. The van der Waals surface area contributed by atoms with Gasteiger partial charge in [-0.15, -0.1) is 24.0 Å². The third-order valence-electron chi connectivity index (χ3n) is 4.91. The lowest BCUT2D eigenvalue weighted by Gasteiger charge is -2.17. The second-order valence-electron chi connectivity index (χ2n) is 7.05. The molecule has 2 aromatic carbocycles. The monoisotopic (exact) mass is 573 g/mol. The summed E-state index contributed by atoms with van der Waals surface area (Å²) in [6.45, 7) is 4.35. The number of rotatable bonds is 12. The molecule has 0 saturated carbocycles. The first kappa shape index (κ1) is 28.6. The molecule has 0 atom stereocenters. The fourth-order valence-electron chi connectivity index (χ4n) is 3.25. The molecule has 2 aromatic rings. The van der Waals surface area contributed by atoms with Crippen molar-refractivity contribution in [1.82, 2.24) is 10.6 Å². The van der Waals surface area contributed by atoms with Crippen LogP contribution in [0.1, 0.15) is 16.7 Å². The molecular formula is C24H36IN3O5. The maximum absolute atomic E-state index is 5.87. The standard InChI is InChI=1S/C24H35N3O5.HI/c1-17-7-8-19(21(15-17)32-14-13-28-3)16-27-24(25-2)26-12-11-18-9-10-20(29-4)23(31-6)22(18)30-5;/h7-10,15H,11-14,16H2,1-6H3,(H2,25,26,27);1H. The number of aliphatic imine (C=N–C) groups is 1. The van der Waals surface area contributed by atoms with Crippen LogP contribution in [0.25, 0.3) is 0 Å². The smallest absolute Gasteiger partial charge is 0.203 e. The molecule has 0 aliphatic heterocycles. The molecule has 8 nitrogen and oxygen atoms in total. The van der Waals surface area contributed by atoms with Crippen LogP contribution < -0.4 is 29.6 Å². The van der Waals surface area contributed by atoms with Crippen LogP contribution in [-0.4, -0.2) is 61.2 Å².